The van der Waals surface area contributed by atoms with E-state index in [2.05, 4.69) is 15.5 Å². The van der Waals surface area contributed by atoms with Crippen LogP contribution < -0.4 is 15.5 Å². The Kier molecular flexibility index (Phi) is 6.73. The minimum Gasteiger partial charge on any atom is -0.368 e. The summed E-state index contributed by atoms with van der Waals surface area (Å²) in [6.07, 6.45) is 0. The van der Waals surface area contributed by atoms with Gasteiger partial charge in [-0.05, 0) is 18.2 Å². The van der Waals surface area contributed by atoms with E-state index in [9.17, 15) is 9.59 Å². The lowest BCUT2D eigenvalue weighted by Crippen LogP contribution is -2.52. The third-order valence-corrected chi connectivity index (χ3v) is 4.20. The molecule has 1 aliphatic heterocycles. The minimum absolute atomic E-state index is 0.000569. The summed E-state index contributed by atoms with van der Waals surface area (Å²) in [5.74, 6) is -0.0420. The molecule has 1 aromatic rings. The zero-order valence-corrected chi connectivity index (χ0v) is 15.0. The fourth-order valence-electron chi connectivity index (χ4n) is 2.51. The Morgan fingerprint density at radius 3 is 2.42 bits per heavy atom. The Labute approximate surface area is 148 Å². The van der Waals surface area contributed by atoms with E-state index in [1.807, 2.05) is 38.1 Å². The van der Waals surface area contributed by atoms with Crippen molar-refractivity contribution >= 4 is 29.2 Å². The first kappa shape index (κ1) is 18.4. The molecule has 1 saturated heterocycles. The molecule has 1 aromatic carbocycles. The van der Waals surface area contributed by atoms with Gasteiger partial charge in [0.15, 0.2) is 0 Å². The van der Waals surface area contributed by atoms with Gasteiger partial charge in [-0.3, -0.25) is 4.79 Å². The summed E-state index contributed by atoms with van der Waals surface area (Å²) in [4.78, 5) is 27.6. The number of hydrogen-bond acceptors (Lipinski definition) is 3. The Morgan fingerprint density at radius 2 is 1.79 bits per heavy atom. The molecule has 0 saturated carbocycles. The average molecular weight is 353 g/mol. The fourth-order valence-corrected chi connectivity index (χ4v) is 2.70. The van der Waals surface area contributed by atoms with E-state index in [-0.39, 0.29) is 17.9 Å². The number of nitrogens with zero attached hydrogens (tertiary/aromatic N) is 2. The van der Waals surface area contributed by atoms with Crippen LogP contribution in [0.5, 0.6) is 0 Å². The van der Waals surface area contributed by atoms with Gasteiger partial charge >= 0.3 is 6.03 Å². The summed E-state index contributed by atoms with van der Waals surface area (Å²) in [6, 6.07) is 7.67. The number of amides is 3. The van der Waals surface area contributed by atoms with Crippen LogP contribution in [0.3, 0.4) is 0 Å². The molecule has 132 valence electrons. The summed E-state index contributed by atoms with van der Waals surface area (Å²) >= 11 is 6.02. The van der Waals surface area contributed by atoms with Gasteiger partial charge in [0.05, 0.1) is 0 Å². The monoisotopic (exact) mass is 352 g/mol. The molecule has 0 radical (unpaired) electrons. The lowest BCUT2D eigenvalue weighted by Gasteiger charge is -2.36. The average Bonchev–Trinajstić information content (AvgIpc) is 2.58. The second-order valence-electron chi connectivity index (χ2n) is 6.13. The highest BCUT2D eigenvalue weighted by atomic mass is 35.5. The largest absolute Gasteiger partial charge is 0.368 e. The first-order valence-electron chi connectivity index (χ1n) is 8.28. The molecule has 24 heavy (non-hydrogen) atoms. The van der Waals surface area contributed by atoms with E-state index in [0.29, 0.717) is 26.2 Å². The molecule has 0 aromatic heterocycles. The van der Waals surface area contributed by atoms with Gasteiger partial charge in [-0.25, -0.2) is 4.79 Å². The molecule has 0 bridgehead atoms. The number of halogens is 1. The van der Waals surface area contributed by atoms with E-state index in [1.165, 1.54) is 0 Å². The van der Waals surface area contributed by atoms with Crippen LogP contribution in [0.2, 0.25) is 5.02 Å². The smallest absolute Gasteiger partial charge is 0.317 e. The number of carbonyl (C=O) groups excluding carboxylic acids is 2. The zero-order chi connectivity index (χ0) is 17.5. The number of benzene rings is 1. The Hall–Kier alpha value is -1.95. The summed E-state index contributed by atoms with van der Waals surface area (Å²) in [5.41, 5.74) is 1.08. The van der Waals surface area contributed by atoms with Crippen molar-refractivity contribution in [1.29, 1.82) is 0 Å². The van der Waals surface area contributed by atoms with Crippen LogP contribution in [-0.2, 0) is 4.79 Å². The summed E-state index contributed by atoms with van der Waals surface area (Å²) in [5, 5.41) is 6.34. The molecule has 6 nitrogen and oxygen atoms in total. The highest BCUT2D eigenvalue weighted by Gasteiger charge is 2.21. The van der Waals surface area contributed by atoms with Gasteiger partial charge < -0.3 is 20.4 Å². The summed E-state index contributed by atoms with van der Waals surface area (Å²) in [6.45, 7) is 7.45. The van der Waals surface area contributed by atoms with Crippen molar-refractivity contribution in [3.05, 3.63) is 29.3 Å². The van der Waals surface area contributed by atoms with Crippen molar-refractivity contribution < 1.29 is 9.59 Å². The first-order chi connectivity index (χ1) is 11.5. The van der Waals surface area contributed by atoms with Crippen molar-refractivity contribution in [2.75, 3.05) is 44.2 Å². The normalized spacial score (nSPS) is 14.7. The van der Waals surface area contributed by atoms with Crippen molar-refractivity contribution in [1.82, 2.24) is 15.5 Å². The molecule has 2 N–H and O–H groups in total. The van der Waals surface area contributed by atoms with Crippen molar-refractivity contribution in [2.24, 2.45) is 5.92 Å². The molecule has 7 heteroatoms. The number of hydrogen-bond donors (Lipinski definition) is 2. The highest BCUT2D eigenvalue weighted by Crippen LogP contribution is 2.20. The molecule has 0 atom stereocenters. The predicted octanol–water partition coefficient (Wildman–Crippen LogP) is 1.94. The molecule has 3 amide bonds. The van der Waals surface area contributed by atoms with Crippen LogP contribution in [0, 0.1) is 5.92 Å². The van der Waals surface area contributed by atoms with Gasteiger partial charge in [-0.1, -0.05) is 31.5 Å². The molecule has 1 aliphatic rings. The Balaban J connectivity index is 1.70. The second-order valence-corrected chi connectivity index (χ2v) is 6.57. The molecule has 1 heterocycles. The summed E-state index contributed by atoms with van der Waals surface area (Å²) in [7, 11) is 0. The Bertz CT molecular complexity index is 571. The molecular weight excluding hydrogens is 328 g/mol. The maximum absolute atomic E-state index is 12.1. The van der Waals surface area contributed by atoms with Crippen LogP contribution in [0.4, 0.5) is 10.5 Å². The highest BCUT2D eigenvalue weighted by molar-refractivity contribution is 6.30. The lowest BCUT2D eigenvalue weighted by molar-refractivity contribution is -0.123. The predicted molar refractivity (Wildman–Crippen MR) is 96.5 cm³/mol. The molecule has 0 unspecified atom stereocenters. The van der Waals surface area contributed by atoms with E-state index >= 15 is 0 Å². The van der Waals surface area contributed by atoms with E-state index in [4.69, 9.17) is 11.6 Å². The third kappa shape index (κ3) is 5.30. The molecule has 0 spiro atoms. The van der Waals surface area contributed by atoms with E-state index in [0.717, 1.165) is 23.8 Å². The van der Waals surface area contributed by atoms with Crippen LogP contribution in [-0.4, -0.2) is 56.1 Å². The lowest BCUT2D eigenvalue weighted by atomic mass is 10.2. The van der Waals surface area contributed by atoms with E-state index in [1.54, 1.807) is 4.90 Å². The van der Waals surface area contributed by atoms with Crippen LogP contribution in [0.1, 0.15) is 13.8 Å². The van der Waals surface area contributed by atoms with Gasteiger partial charge in [0, 0.05) is 55.9 Å². The second kappa shape index (κ2) is 8.78. The van der Waals surface area contributed by atoms with Gasteiger partial charge in [0.25, 0.3) is 0 Å². The number of piperazine rings is 1. The summed E-state index contributed by atoms with van der Waals surface area (Å²) < 4.78 is 0. The van der Waals surface area contributed by atoms with Gasteiger partial charge in [0.1, 0.15) is 0 Å². The van der Waals surface area contributed by atoms with Gasteiger partial charge in [0.2, 0.25) is 5.91 Å². The third-order valence-electron chi connectivity index (χ3n) is 3.97. The van der Waals surface area contributed by atoms with Crippen molar-refractivity contribution in [3.8, 4) is 0 Å². The van der Waals surface area contributed by atoms with Crippen molar-refractivity contribution in [2.45, 2.75) is 13.8 Å². The zero-order valence-electron chi connectivity index (χ0n) is 14.2. The van der Waals surface area contributed by atoms with Gasteiger partial charge in [-0.2, -0.15) is 0 Å². The SMILES string of the molecule is CC(C)C(=O)NCCNC(=O)N1CCN(c2cccc(Cl)c2)CC1. The first-order valence-corrected chi connectivity index (χ1v) is 8.66. The standard InChI is InChI=1S/C17H25ClN4O2/c1-13(2)16(23)19-6-7-20-17(24)22-10-8-21(9-11-22)15-5-3-4-14(18)12-15/h3-5,12-13H,6-11H2,1-2H3,(H,19,23)(H,20,24). The minimum atomic E-state index is -0.0838. The number of carbonyl (C=O) groups is 2. The maximum atomic E-state index is 12.1. The number of nitrogens with one attached hydrogen (secondary N) is 2. The molecule has 2 rings (SSSR count). The van der Waals surface area contributed by atoms with Crippen LogP contribution >= 0.6 is 11.6 Å². The topological polar surface area (TPSA) is 64.7 Å². The number of anilines is 1. The Morgan fingerprint density at radius 1 is 1.12 bits per heavy atom. The van der Waals surface area contributed by atoms with Crippen LogP contribution in [0.25, 0.3) is 0 Å². The maximum Gasteiger partial charge on any atom is 0.317 e. The fraction of sp³-hybridized carbons (Fsp3) is 0.529. The van der Waals surface area contributed by atoms with Crippen LogP contribution in [0.15, 0.2) is 24.3 Å². The molecule has 1 fully saturated rings. The number of urea groups is 1. The van der Waals surface area contributed by atoms with E-state index < -0.39 is 0 Å². The van der Waals surface area contributed by atoms with Gasteiger partial charge in [-0.15, -0.1) is 0 Å². The van der Waals surface area contributed by atoms with Crippen molar-refractivity contribution in [3.63, 3.8) is 0 Å². The number of rotatable bonds is 5. The quantitative estimate of drug-likeness (QED) is 0.796. The molecular formula is C17H25ClN4O2. The molecule has 0 aliphatic carbocycles.